The third-order valence-corrected chi connectivity index (χ3v) is 4.65. The van der Waals surface area contributed by atoms with E-state index < -0.39 is 0 Å². The highest BCUT2D eigenvalue weighted by Gasteiger charge is 2.11. The topological polar surface area (TPSA) is 72.7 Å². The van der Waals surface area contributed by atoms with E-state index in [0.717, 1.165) is 42.3 Å². The molecule has 7 nitrogen and oxygen atoms in total. The van der Waals surface area contributed by atoms with Gasteiger partial charge in [0.1, 0.15) is 0 Å². The molecule has 1 aromatic heterocycles. The Labute approximate surface area is 199 Å². The van der Waals surface area contributed by atoms with E-state index in [1.165, 1.54) is 5.56 Å². The molecule has 0 atom stereocenters. The molecule has 0 bridgehead atoms. The minimum absolute atomic E-state index is 0. The van der Waals surface area contributed by atoms with Crippen LogP contribution in [0.4, 0.5) is 5.69 Å². The van der Waals surface area contributed by atoms with Gasteiger partial charge in [-0.15, -0.1) is 24.0 Å². The molecule has 0 amide bonds. The first kappa shape index (κ1) is 22.9. The van der Waals surface area contributed by atoms with Gasteiger partial charge in [0.25, 0.3) is 0 Å². The number of halogens is 1. The van der Waals surface area contributed by atoms with E-state index in [2.05, 4.69) is 27.9 Å². The Bertz CT molecular complexity index is 991. The van der Waals surface area contributed by atoms with Crippen LogP contribution in [0.3, 0.4) is 0 Å². The van der Waals surface area contributed by atoms with Crippen LogP contribution >= 0.6 is 24.0 Å². The summed E-state index contributed by atoms with van der Waals surface area (Å²) in [6.07, 6.45) is 4.79. The average Bonchev–Trinajstić information content (AvgIpc) is 3.07. The van der Waals surface area contributed by atoms with Crippen molar-refractivity contribution in [3.05, 3.63) is 72.1 Å². The molecule has 0 saturated carbocycles. The molecule has 3 aromatic rings. The van der Waals surface area contributed by atoms with Gasteiger partial charge in [0.05, 0.1) is 32.5 Å². The smallest absolute Gasteiger partial charge is 0.196 e. The van der Waals surface area contributed by atoms with Gasteiger partial charge >= 0.3 is 0 Å². The second kappa shape index (κ2) is 11.6. The van der Waals surface area contributed by atoms with E-state index in [-0.39, 0.29) is 24.0 Å². The number of rotatable bonds is 6. The fraction of sp³-hybridized carbons (Fsp3) is 0.304. The van der Waals surface area contributed by atoms with Crippen LogP contribution in [0.1, 0.15) is 24.5 Å². The lowest BCUT2D eigenvalue weighted by atomic mass is 10.2. The van der Waals surface area contributed by atoms with Crippen molar-refractivity contribution in [1.29, 1.82) is 0 Å². The Morgan fingerprint density at radius 3 is 2.68 bits per heavy atom. The highest BCUT2D eigenvalue weighted by Crippen LogP contribution is 2.32. The second-order valence-electron chi connectivity index (χ2n) is 7.06. The highest BCUT2D eigenvalue weighted by molar-refractivity contribution is 14.0. The van der Waals surface area contributed by atoms with Crippen LogP contribution in [0.15, 0.2) is 65.9 Å². The molecule has 31 heavy (non-hydrogen) atoms. The van der Waals surface area contributed by atoms with Gasteiger partial charge in [-0.25, -0.2) is 4.99 Å². The molecule has 0 radical (unpaired) electrons. The fourth-order valence-corrected chi connectivity index (χ4v) is 3.20. The molecule has 0 spiro atoms. The van der Waals surface area contributed by atoms with Crippen molar-refractivity contribution in [3.8, 4) is 11.5 Å². The number of ether oxygens (including phenoxy) is 2. The monoisotopic (exact) mass is 533 g/mol. The normalized spacial score (nSPS) is 13.1. The van der Waals surface area contributed by atoms with Crippen molar-refractivity contribution in [2.75, 3.05) is 25.1 Å². The molecule has 0 aliphatic carbocycles. The molecule has 1 aliphatic rings. The third-order valence-electron chi connectivity index (χ3n) is 4.65. The lowest BCUT2D eigenvalue weighted by molar-refractivity contribution is 0.297. The molecule has 164 valence electrons. The number of anilines is 1. The van der Waals surface area contributed by atoms with Gasteiger partial charge in [-0.1, -0.05) is 30.3 Å². The lowest BCUT2D eigenvalue weighted by Crippen LogP contribution is -2.30. The van der Waals surface area contributed by atoms with Gasteiger partial charge in [-0.2, -0.15) is 5.10 Å². The number of aromatic nitrogens is 2. The fourth-order valence-electron chi connectivity index (χ4n) is 3.20. The number of benzene rings is 2. The lowest BCUT2D eigenvalue weighted by Gasteiger charge is -2.13. The molecule has 0 unspecified atom stereocenters. The quantitative estimate of drug-likeness (QED) is 0.281. The first-order chi connectivity index (χ1) is 14.8. The van der Waals surface area contributed by atoms with Gasteiger partial charge in [0.2, 0.25) is 0 Å². The molecule has 2 heterocycles. The van der Waals surface area contributed by atoms with Crippen LogP contribution in [-0.4, -0.2) is 35.5 Å². The molecule has 2 N–H and O–H groups in total. The van der Waals surface area contributed by atoms with Crippen molar-refractivity contribution in [2.45, 2.75) is 26.4 Å². The maximum absolute atomic E-state index is 5.78. The molecule has 1 aliphatic heterocycles. The van der Waals surface area contributed by atoms with E-state index in [9.17, 15) is 0 Å². The molecular formula is C23H28IN5O2. The summed E-state index contributed by atoms with van der Waals surface area (Å²) in [7, 11) is 0. The minimum atomic E-state index is 0. The van der Waals surface area contributed by atoms with Crippen LogP contribution in [0.5, 0.6) is 11.5 Å². The predicted octanol–water partition coefficient (Wildman–Crippen LogP) is 4.29. The maximum atomic E-state index is 5.78. The summed E-state index contributed by atoms with van der Waals surface area (Å²) >= 11 is 0. The summed E-state index contributed by atoms with van der Waals surface area (Å²) in [4.78, 5) is 4.70. The summed E-state index contributed by atoms with van der Waals surface area (Å²) in [6, 6.07) is 16.1. The molecule has 0 fully saturated rings. The zero-order valence-electron chi connectivity index (χ0n) is 17.6. The largest absolute Gasteiger partial charge is 0.490 e. The highest BCUT2D eigenvalue weighted by atomic mass is 127. The Morgan fingerprint density at radius 2 is 1.87 bits per heavy atom. The predicted molar refractivity (Wildman–Crippen MR) is 134 cm³/mol. The summed E-state index contributed by atoms with van der Waals surface area (Å²) in [5.74, 6) is 2.25. The Kier molecular flexibility index (Phi) is 8.57. The van der Waals surface area contributed by atoms with E-state index in [1.54, 1.807) is 0 Å². The Balaban J connectivity index is 0.00000272. The Hall–Kier alpha value is -2.75. The van der Waals surface area contributed by atoms with E-state index >= 15 is 0 Å². The zero-order valence-corrected chi connectivity index (χ0v) is 19.9. The van der Waals surface area contributed by atoms with Crippen molar-refractivity contribution in [2.24, 2.45) is 4.99 Å². The number of nitrogens with zero attached hydrogens (tertiary/aromatic N) is 3. The number of hydrogen-bond donors (Lipinski definition) is 2. The van der Waals surface area contributed by atoms with E-state index in [4.69, 9.17) is 14.5 Å². The maximum Gasteiger partial charge on any atom is 0.196 e. The summed E-state index contributed by atoms with van der Waals surface area (Å²) in [5, 5.41) is 11.1. The molecule has 2 aromatic carbocycles. The summed E-state index contributed by atoms with van der Waals surface area (Å²) in [5.41, 5.74) is 3.18. The van der Waals surface area contributed by atoms with Crippen molar-refractivity contribution >= 4 is 35.6 Å². The van der Waals surface area contributed by atoms with Gasteiger partial charge in [0, 0.05) is 36.5 Å². The van der Waals surface area contributed by atoms with E-state index in [0.29, 0.717) is 25.7 Å². The number of hydrogen-bond acceptors (Lipinski definition) is 4. The second-order valence-corrected chi connectivity index (χ2v) is 7.06. The van der Waals surface area contributed by atoms with Crippen LogP contribution in [0.2, 0.25) is 0 Å². The van der Waals surface area contributed by atoms with Crippen molar-refractivity contribution in [1.82, 2.24) is 15.1 Å². The average molecular weight is 533 g/mol. The number of guanidine groups is 1. The van der Waals surface area contributed by atoms with Gasteiger partial charge in [0.15, 0.2) is 17.5 Å². The number of fused-ring (bicyclic) bond motifs is 1. The minimum Gasteiger partial charge on any atom is -0.490 e. The van der Waals surface area contributed by atoms with Gasteiger partial charge < -0.3 is 20.1 Å². The van der Waals surface area contributed by atoms with Crippen LogP contribution in [0, 0.1) is 0 Å². The molecule has 0 saturated heterocycles. The van der Waals surface area contributed by atoms with Gasteiger partial charge in [-0.05, 0) is 24.6 Å². The van der Waals surface area contributed by atoms with Crippen LogP contribution in [0.25, 0.3) is 0 Å². The van der Waals surface area contributed by atoms with Crippen LogP contribution < -0.4 is 20.1 Å². The summed E-state index contributed by atoms with van der Waals surface area (Å²) in [6.45, 7) is 5.45. The molecular weight excluding hydrogens is 505 g/mol. The standard InChI is InChI=1S/C23H27N5O2.HI/c1-2-24-23(27-20-9-10-21-22(13-20)30-12-6-11-29-21)25-14-19-15-26-28(17-19)16-18-7-4-3-5-8-18;/h3-5,7-10,13,15,17H,2,6,11-12,14,16H2,1H3,(H2,24,25,27);1H. The van der Waals surface area contributed by atoms with Crippen molar-refractivity contribution < 1.29 is 9.47 Å². The van der Waals surface area contributed by atoms with E-state index in [1.807, 2.05) is 60.4 Å². The zero-order chi connectivity index (χ0) is 20.6. The SMILES string of the molecule is CCNC(=NCc1cnn(Cc2ccccc2)c1)Nc1ccc2c(c1)OCCCO2.I. The van der Waals surface area contributed by atoms with Crippen molar-refractivity contribution in [3.63, 3.8) is 0 Å². The Morgan fingerprint density at radius 1 is 1.06 bits per heavy atom. The third kappa shape index (κ3) is 6.61. The number of aliphatic imine (C=N–C) groups is 1. The number of nitrogens with one attached hydrogen (secondary N) is 2. The van der Waals surface area contributed by atoms with Crippen LogP contribution in [-0.2, 0) is 13.1 Å². The molecule has 8 heteroatoms. The molecule has 4 rings (SSSR count). The van der Waals surface area contributed by atoms with Gasteiger partial charge in [-0.3, -0.25) is 4.68 Å². The summed E-state index contributed by atoms with van der Waals surface area (Å²) < 4.78 is 13.4. The first-order valence-corrected chi connectivity index (χ1v) is 10.3. The first-order valence-electron chi connectivity index (χ1n) is 10.3.